The Morgan fingerprint density at radius 2 is 1.98 bits per heavy atom. The van der Waals surface area contributed by atoms with E-state index in [0.29, 0.717) is 42.8 Å². The smallest absolute Gasteiger partial charge is 0.350 e. The van der Waals surface area contributed by atoms with Crippen molar-refractivity contribution < 1.29 is 23.1 Å². The lowest BCUT2D eigenvalue weighted by Gasteiger charge is -2.45. The SMILES string of the molecule is C=CC(=O)N1C[C@H](C)N(c2nc(=O)n3c4c(c(-c5ccc(F)cc5F)c(Cl)cc24)OCC3CN2CCCC2=O)C[C@H]1C. The molecule has 0 radical (unpaired) electrons. The zero-order chi connectivity index (χ0) is 29.9. The topological polar surface area (TPSA) is 88.0 Å². The van der Waals surface area contributed by atoms with Gasteiger partial charge in [0.05, 0.1) is 16.6 Å². The molecule has 0 saturated carbocycles. The maximum atomic E-state index is 15.1. The fraction of sp³-hybridized carbons (Fsp3) is 0.400. The standard InChI is InChI=1S/C30H30ClF2N5O4/c1-4-24(39)36-12-17(3)37(13-16(36)2)29-21-11-22(31)26(20-8-7-18(32)10-23(20)33)28-27(21)38(30(41)34-29)19(15-42-28)14-35-9-5-6-25(35)40/h4,7-8,10-11,16-17,19H,1,5-6,9,12-15H2,2-3H3/t16-,17+,19?/m1/s1. The molecule has 1 aromatic heterocycles. The predicted octanol–water partition coefficient (Wildman–Crippen LogP) is 4.16. The zero-order valence-corrected chi connectivity index (χ0v) is 24.0. The summed E-state index contributed by atoms with van der Waals surface area (Å²) < 4.78 is 36.7. The predicted molar refractivity (Wildman–Crippen MR) is 155 cm³/mol. The van der Waals surface area contributed by atoms with Crippen LogP contribution in [-0.4, -0.2) is 76.0 Å². The highest BCUT2D eigenvalue weighted by atomic mass is 35.5. The van der Waals surface area contributed by atoms with E-state index in [-0.39, 0.29) is 58.9 Å². The van der Waals surface area contributed by atoms with E-state index in [2.05, 4.69) is 11.6 Å². The molecule has 3 aromatic rings. The van der Waals surface area contributed by atoms with Crippen molar-refractivity contribution in [3.05, 3.63) is 64.1 Å². The second kappa shape index (κ2) is 10.7. The van der Waals surface area contributed by atoms with Gasteiger partial charge in [0.25, 0.3) is 0 Å². The fourth-order valence-electron chi connectivity index (χ4n) is 6.35. The highest BCUT2D eigenvalue weighted by Crippen LogP contribution is 2.47. The van der Waals surface area contributed by atoms with Gasteiger partial charge < -0.3 is 19.4 Å². The number of hydrogen-bond acceptors (Lipinski definition) is 6. The number of anilines is 1. The number of nitrogens with zero attached hydrogens (tertiary/aromatic N) is 5. The molecule has 3 aliphatic heterocycles. The second-order valence-corrected chi connectivity index (χ2v) is 11.5. The number of carbonyl (C=O) groups is 2. The normalized spacial score (nSPS) is 22.1. The van der Waals surface area contributed by atoms with Gasteiger partial charge in [0.2, 0.25) is 11.8 Å². The third-order valence-electron chi connectivity index (χ3n) is 8.40. The minimum Gasteiger partial charge on any atom is -0.488 e. The van der Waals surface area contributed by atoms with Crippen LogP contribution in [0.3, 0.4) is 0 Å². The molecule has 6 rings (SSSR count). The van der Waals surface area contributed by atoms with E-state index in [1.807, 2.05) is 18.7 Å². The van der Waals surface area contributed by atoms with Gasteiger partial charge in [-0.1, -0.05) is 18.2 Å². The molecule has 2 aromatic carbocycles. The van der Waals surface area contributed by atoms with Crippen LogP contribution in [0.2, 0.25) is 5.02 Å². The van der Waals surface area contributed by atoms with Gasteiger partial charge in [0.15, 0.2) is 5.75 Å². The maximum absolute atomic E-state index is 15.1. The molecule has 42 heavy (non-hydrogen) atoms. The van der Waals surface area contributed by atoms with Crippen LogP contribution >= 0.6 is 11.6 Å². The van der Waals surface area contributed by atoms with Crippen molar-refractivity contribution >= 4 is 40.1 Å². The number of rotatable bonds is 5. The first-order valence-electron chi connectivity index (χ1n) is 13.9. The Morgan fingerprint density at radius 3 is 2.67 bits per heavy atom. The van der Waals surface area contributed by atoms with Gasteiger partial charge in [0.1, 0.15) is 24.1 Å². The Labute approximate surface area is 245 Å². The zero-order valence-electron chi connectivity index (χ0n) is 23.3. The Kier molecular flexibility index (Phi) is 7.16. The van der Waals surface area contributed by atoms with Crippen LogP contribution in [-0.2, 0) is 9.59 Å². The summed E-state index contributed by atoms with van der Waals surface area (Å²) in [6.45, 7) is 9.08. The molecule has 12 heteroatoms. The van der Waals surface area contributed by atoms with E-state index in [9.17, 15) is 18.8 Å². The van der Waals surface area contributed by atoms with Crippen molar-refractivity contribution in [3.8, 4) is 16.9 Å². The number of halogens is 3. The Hall–Kier alpha value is -3.99. The van der Waals surface area contributed by atoms with Crippen molar-refractivity contribution in [1.29, 1.82) is 0 Å². The number of carbonyl (C=O) groups excluding carboxylic acids is 2. The number of benzene rings is 2. The van der Waals surface area contributed by atoms with Gasteiger partial charge in [-0.15, -0.1) is 0 Å². The van der Waals surface area contributed by atoms with Gasteiger partial charge in [-0.3, -0.25) is 14.2 Å². The van der Waals surface area contributed by atoms with Crippen LogP contribution in [0.15, 0.2) is 41.7 Å². The molecule has 0 spiro atoms. The molecule has 0 bridgehead atoms. The van der Waals surface area contributed by atoms with Crippen LogP contribution in [0.1, 0.15) is 32.7 Å². The summed E-state index contributed by atoms with van der Waals surface area (Å²) in [6.07, 6.45) is 2.47. The van der Waals surface area contributed by atoms with Crippen molar-refractivity contribution in [2.45, 2.75) is 44.8 Å². The van der Waals surface area contributed by atoms with Gasteiger partial charge >= 0.3 is 5.69 Å². The lowest BCUT2D eigenvalue weighted by atomic mass is 9.99. The summed E-state index contributed by atoms with van der Waals surface area (Å²) in [5.41, 5.74) is 0.0596. The van der Waals surface area contributed by atoms with Gasteiger partial charge in [-0.05, 0) is 44.5 Å². The van der Waals surface area contributed by atoms with E-state index in [4.69, 9.17) is 16.3 Å². The third-order valence-corrected chi connectivity index (χ3v) is 8.70. The molecule has 0 aliphatic carbocycles. The number of piperazine rings is 1. The molecule has 2 saturated heterocycles. The summed E-state index contributed by atoms with van der Waals surface area (Å²) in [7, 11) is 0. The fourth-order valence-corrected chi connectivity index (χ4v) is 6.65. The molecule has 3 atom stereocenters. The summed E-state index contributed by atoms with van der Waals surface area (Å²) >= 11 is 6.81. The minimum absolute atomic E-state index is 0.00889. The molecule has 9 nitrogen and oxygen atoms in total. The highest BCUT2D eigenvalue weighted by Gasteiger charge is 2.37. The van der Waals surface area contributed by atoms with Crippen molar-refractivity contribution in [2.75, 3.05) is 37.7 Å². The number of amides is 2. The molecule has 0 N–H and O–H groups in total. The Bertz CT molecular complexity index is 1690. The molecular weight excluding hydrogens is 568 g/mol. The van der Waals surface area contributed by atoms with Crippen molar-refractivity contribution in [1.82, 2.24) is 19.4 Å². The number of ether oxygens (including phenoxy) is 1. The monoisotopic (exact) mass is 597 g/mol. The van der Waals surface area contributed by atoms with E-state index in [1.54, 1.807) is 15.9 Å². The maximum Gasteiger partial charge on any atom is 0.350 e. The number of hydrogen-bond donors (Lipinski definition) is 0. The van der Waals surface area contributed by atoms with Gasteiger partial charge in [-0.25, -0.2) is 13.6 Å². The van der Waals surface area contributed by atoms with E-state index >= 15 is 4.39 Å². The Morgan fingerprint density at radius 1 is 1.19 bits per heavy atom. The molecule has 4 heterocycles. The molecular formula is C30H30ClF2N5O4. The van der Waals surface area contributed by atoms with E-state index in [1.165, 1.54) is 16.7 Å². The van der Waals surface area contributed by atoms with Crippen LogP contribution in [0.4, 0.5) is 14.6 Å². The summed E-state index contributed by atoms with van der Waals surface area (Å²) in [4.78, 5) is 48.7. The first kappa shape index (κ1) is 28.1. The first-order valence-corrected chi connectivity index (χ1v) is 14.3. The lowest BCUT2D eigenvalue weighted by Crippen LogP contribution is -2.58. The minimum atomic E-state index is -0.825. The van der Waals surface area contributed by atoms with Crippen LogP contribution < -0.4 is 15.3 Å². The molecule has 1 unspecified atom stereocenters. The highest BCUT2D eigenvalue weighted by molar-refractivity contribution is 6.35. The first-order chi connectivity index (χ1) is 20.1. The molecule has 3 aliphatic rings. The van der Waals surface area contributed by atoms with Crippen molar-refractivity contribution in [3.63, 3.8) is 0 Å². The van der Waals surface area contributed by atoms with E-state index < -0.39 is 23.4 Å². The van der Waals surface area contributed by atoms with Crippen LogP contribution in [0.25, 0.3) is 22.0 Å². The summed E-state index contributed by atoms with van der Waals surface area (Å²) in [6, 6.07) is 3.86. The molecule has 2 fully saturated rings. The lowest BCUT2D eigenvalue weighted by molar-refractivity contribution is -0.129. The van der Waals surface area contributed by atoms with Gasteiger partial charge in [0, 0.05) is 67.3 Å². The molecule has 2 amide bonds. The number of aromatic nitrogens is 2. The number of likely N-dealkylation sites (tertiary alicyclic amines) is 1. The van der Waals surface area contributed by atoms with Crippen molar-refractivity contribution in [2.24, 2.45) is 0 Å². The molecule has 220 valence electrons. The summed E-state index contributed by atoms with van der Waals surface area (Å²) in [5, 5.41) is 0.659. The van der Waals surface area contributed by atoms with Gasteiger partial charge in [-0.2, -0.15) is 4.98 Å². The second-order valence-electron chi connectivity index (χ2n) is 11.1. The van der Waals surface area contributed by atoms with Crippen LogP contribution in [0.5, 0.6) is 5.75 Å². The average molecular weight is 598 g/mol. The third kappa shape index (κ3) is 4.59. The van der Waals surface area contributed by atoms with E-state index in [0.717, 1.165) is 18.6 Å². The quantitative estimate of drug-likeness (QED) is 0.411. The van der Waals surface area contributed by atoms with Crippen LogP contribution in [0, 0.1) is 11.6 Å². The average Bonchev–Trinajstić information content (AvgIpc) is 3.36. The largest absolute Gasteiger partial charge is 0.488 e. The Balaban J connectivity index is 1.56. The summed E-state index contributed by atoms with van der Waals surface area (Å²) in [5.74, 6) is -1.18.